The van der Waals surface area contributed by atoms with Crippen LogP contribution in [-0.2, 0) is 4.79 Å². The molecule has 0 spiro atoms. The zero-order valence-electron chi connectivity index (χ0n) is 9.74. The molecule has 1 aliphatic rings. The summed E-state index contributed by atoms with van der Waals surface area (Å²) in [7, 11) is 0. The normalized spacial score (nSPS) is 16.1. The Morgan fingerprint density at radius 2 is 2.18 bits per heavy atom. The zero-order valence-corrected chi connectivity index (χ0v) is 10.5. The van der Waals surface area contributed by atoms with Crippen LogP contribution in [0.25, 0.3) is 0 Å². The van der Waals surface area contributed by atoms with E-state index in [9.17, 15) is 4.79 Å². The lowest BCUT2D eigenvalue weighted by molar-refractivity contribution is -0.108. The van der Waals surface area contributed by atoms with Crippen LogP contribution in [0.15, 0.2) is 12.1 Å². The molecule has 0 radical (unpaired) electrons. The van der Waals surface area contributed by atoms with E-state index in [0.717, 1.165) is 24.0 Å². The highest BCUT2D eigenvalue weighted by Gasteiger charge is 2.21. The van der Waals surface area contributed by atoms with E-state index in [1.807, 2.05) is 13.0 Å². The summed E-state index contributed by atoms with van der Waals surface area (Å²) in [6, 6.07) is 3.62. The first kappa shape index (κ1) is 12.2. The molecular formula is C13H15ClO3. The molecule has 0 aromatic heterocycles. The van der Waals surface area contributed by atoms with Gasteiger partial charge in [-0.2, -0.15) is 0 Å². The van der Waals surface area contributed by atoms with Gasteiger partial charge in [0.05, 0.1) is 13.2 Å². The Morgan fingerprint density at radius 1 is 1.41 bits per heavy atom. The van der Waals surface area contributed by atoms with Crippen LogP contribution < -0.4 is 9.47 Å². The molecule has 1 unspecified atom stereocenters. The van der Waals surface area contributed by atoms with Gasteiger partial charge in [0.2, 0.25) is 0 Å². The number of halogens is 1. The van der Waals surface area contributed by atoms with Crippen molar-refractivity contribution in [2.24, 2.45) is 0 Å². The van der Waals surface area contributed by atoms with E-state index in [-0.39, 0.29) is 5.92 Å². The first-order valence-corrected chi connectivity index (χ1v) is 6.13. The molecule has 0 bridgehead atoms. The van der Waals surface area contributed by atoms with E-state index < -0.39 is 0 Å². The minimum atomic E-state index is 0.0386. The van der Waals surface area contributed by atoms with E-state index in [1.54, 1.807) is 6.07 Å². The van der Waals surface area contributed by atoms with Crippen LogP contribution >= 0.6 is 11.6 Å². The molecule has 0 amide bonds. The van der Waals surface area contributed by atoms with Gasteiger partial charge >= 0.3 is 0 Å². The fraction of sp³-hybridized carbons (Fsp3) is 0.462. The van der Waals surface area contributed by atoms with E-state index >= 15 is 0 Å². The Hall–Kier alpha value is -1.22. The van der Waals surface area contributed by atoms with Crippen LogP contribution in [0.5, 0.6) is 11.5 Å². The molecule has 0 aliphatic carbocycles. The third kappa shape index (κ3) is 2.55. The van der Waals surface area contributed by atoms with Gasteiger partial charge in [-0.3, -0.25) is 0 Å². The molecule has 1 aliphatic heterocycles. The average molecular weight is 255 g/mol. The molecule has 3 nitrogen and oxygen atoms in total. The Kier molecular flexibility index (Phi) is 3.89. The lowest BCUT2D eigenvalue weighted by Crippen LogP contribution is -2.02. The third-order valence-electron chi connectivity index (χ3n) is 2.84. The molecule has 1 aromatic rings. The van der Waals surface area contributed by atoms with Crippen molar-refractivity contribution in [2.45, 2.75) is 25.7 Å². The summed E-state index contributed by atoms with van der Waals surface area (Å²) in [5, 5.41) is 0.628. The predicted octanol–water partition coefficient (Wildman–Crippen LogP) is 3.19. The van der Waals surface area contributed by atoms with Crippen molar-refractivity contribution in [3.8, 4) is 11.5 Å². The van der Waals surface area contributed by atoms with Gasteiger partial charge < -0.3 is 14.3 Å². The van der Waals surface area contributed by atoms with Gasteiger partial charge in [0.1, 0.15) is 6.29 Å². The minimum absolute atomic E-state index is 0.0386. The largest absolute Gasteiger partial charge is 0.490 e. The first-order chi connectivity index (χ1) is 8.24. The molecule has 0 saturated carbocycles. The van der Waals surface area contributed by atoms with Gasteiger partial charge in [0.15, 0.2) is 11.5 Å². The highest BCUT2D eigenvalue weighted by molar-refractivity contribution is 6.31. The SMILES string of the molecule is CC(CC=O)c1c(Cl)ccc2c1OCCCO2. The van der Waals surface area contributed by atoms with Crippen molar-refractivity contribution >= 4 is 17.9 Å². The second-order valence-corrected chi connectivity index (χ2v) is 4.55. The number of carbonyl (C=O) groups is 1. The molecule has 92 valence electrons. The van der Waals surface area contributed by atoms with Gasteiger partial charge in [-0.25, -0.2) is 0 Å². The molecule has 2 rings (SSSR count). The second kappa shape index (κ2) is 5.41. The fourth-order valence-corrected chi connectivity index (χ4v) is 2.29. The van der Waals surface area contributed by atoms with E-state index in [1.165, 1.54) is 0 Å². The molecule has 4 heteroatoms. The van der Waals surface area contributed by atoms with Crippen molar-refractivity contribution in [2.75, 3.05) is 13.2 Å². The summed E-state index contributed by atoms with van der Waals surface area (Å²) < 4.78 is 11.3. The highest BCUT2D eigenvalue weighted by Crippen LogP contribution is 2.42. The maximum Gasteiger partial charge on any atom is 0.166 e. The molecule has 0 fully saturated rings. The molecule has 17 heavy (non-hydrogen) atoms. The van der Waals surface area contributed by atoms with Crippen molar-refractivity contribution in [3.63, 3.8) is 0 Å². The van der Waals surface area contributed by atoms with Crippen molar-refractivity contribution < 1.29 is 14.3 Å². The number of ether oxygens (including phenoxy) is 2. The first-order valence-electron chi connectivity index (χ1n) is 5.75. The molecule has 0 saturated heterocycles. The van der Waals surface area contributed by atoms with E-state index in [0.29, 0.717) is 30.4 Å². The number of hydrogen-bond donors (Lipinski definition) is 0. The van der Waals surface area contributed by atoms with E-state index in [2.05, 4.69) is 0 Å². The monoisotopic (exact) mass is 254 g/mol. The number of hydrogen-bond acceptors (Lipinski definition) is 3. The van der Waals surface area contributed by atoms with E-state index in [4.69, 9.17) is 21.1 Å². The summed E-state index contributed by atoms with van der Waals surface area (Å²) >= 11 is 6.19. The summed E-state index contributed by atoms with van der Waals surface area (Å²) in [4.78, 5) is 10.6. The molecule has 1 aromatic carbocycles. The lowest BCUT2D eigenvalue weighted by Gasteiger charge is -2.17. The summed E-state index contributed by atoms with van der Waals surface area (Å²) in [6.45, 7) is 3.23. The van der Waals surface area contributed by atoms with Gasteiger partial charge in [-0.05, 0) is 18.1 Å². The Morgan fingerprint density at radius 3 is 2.94 bits per heavy atom. The van der Waals surface area contributed by atoms with Crippen LogP contribution in [0.2, 0.25) is 5.02 Å². The average Bonchev–Trinajstić information content (AvgIpc) is 2.54. The fourth-order valence-electron chi connectivity index (χ4n) is 1.95. The molecule has 0 N–H and O–H groups in total. The number of rotatable bonds is 3. The van der Waals surface area contributed by atoms with Crippen molar-refractivity contribution in [1.29, 1.82) is 0 Å². The maximum atomic E-state index is 10.6. The smallest absolute Gasteiger partial charge is 0.166 e. The van der Waals surface area contributed by atoms with Gasteiger partial charge in [0, 0.05) is 23.4 Å². The number of carbonyl (C=O) groups excluding carboxylic acids is 1. The number of aldehydes is 1. The van der Waals surface area contributed by atoms with Crippen LogP contribution in [0, 0.1) is 0 Å². The Bertz CT molecular complexity index is 417. The molecular weight excluding hydrogens is 240 g/mol. The van der Waals surface area contributed by atoms with Gasteiger partial charge in [-0.1, -0.05) is 18.5 Å². The quantitative estimate of drug-likeness (QED) is 0.777. The second-order valence-electron chi connectivity index (χ2n) is 4.14. The summed E-state index contributed by atoms with van der Waals surface area (Å²) in [5.74, 6) is 1.46. The van der Waals surface area contributed by atoms with Gasteiger partial charge in [0.25, 0.3) is 0 Å². The molecule has 1 heterocycles. The van der Waals surface area contributed by atoms with Gasteiger partial charge in [-0.15, -0.1) is 0 Å². The molecule has 1 atom stereocenters. The predicted molar refractivity (Wildman–Crippen MR) is 66.2 cm³/mol. The third-order valence-corrected chi connectivity index (χ3v) is 3.17. The number of fused-ring (bicyclic) bond motifs is 1. The summed E-state index contributed by atoms with van der Waals surface area (Å²) in [6.07, 6.45) is 2.19. The van der Waals surface area contributed by atoms with Crippen molar-refractivity contribution in [3.05, 3.63) is 22.7 Å². The lowest BCUT2D eigenvalue weighted by atomic mass is 9.97. The van der Waals surface area contributed by atoms with Crippen LogP contribution in [0.1, 0.15) is 31.2 Å². The standard InChI is InChI=1S/C13H15ClO3/c1-9(5-6-15)12-10(14)3-4-11-13(12)17-8-2-7-16-11/h3-4,6,9H,2,5,7-8H2,1H3. The zero-order chi connectivity index (χ0) is 12.3. The van der Waals surface area contributed by atoms with Crippen LogP contribution in [0.3, 0.4) is 0 Å². The number of benzene rings is 1. The topological polar surface area (TPSA) is 35.5 Å². The minimum Gasteiger partial charge on any atom is -0.490 e. The van der Waals surface area contributed by atoms with Crippen LogP contribution in [0.4, 0.5) is 0 Å². The Balaban J connectivity index is 2.44. The summed E-state index contributed by atoms with van der Waals surface area (Å²) in [5.41, 5.74) is 0.873. The Labute approximate surface area is 106 Å². The maximum absolute atomic E-state index is 10.6. The highest BCUT2D eigenvalue weighted by atomic mass is 35.5. The van der Waals surface area contributed by atoms with Crippen LogP contribution in [-0.4, -0.2) is 19.5 Å². The van der Waals surface area contributed by atoms with Crippen molar-refractivity contribution in [1.82, 2.24) is 0 Å².